The molecule has 0 saturated carbocycles. The summed E-state index contributed by atoms with van der Waals surface area (Å²) in [6.07, 6.45) is 1.58. The molecular formula is C22H24N4O. The van der Waals surface area contributed by atoms with E-state index in [0.29, 0.717) is 5.88 Å². The maximum Gasteiger partial charge on any atom is 0.224 e. The van der Waals surface area contributed by atoms with Crippen LogP contribution in [0.1, 0.15) is 11.1 Å². The Hall–Kier alpha value is -2.92. The molecule has 2 heterocycles. The van der Waals surface area contributed by atoms with E-state index in [2.05, 4.69) is 50.1 Å². The molecule has 0 unspecified atom stereocenters. The minimum absolute atomic E-state index is 0.584. The molecule has 4 rings (SSSR count). The molecule has 2 aromatic carbocycles. The molecule has 5 heteroatoms. The van der Waals surface area contributed by atoms with Gasteiger partial charge in [-0.15, -0.1) is 0 Å². The Morgan fingerprint density at radius 3 is 2.41 bits per heavy atom. The summed E-state index contributed by atoms with van der Waals surface area (Å²) < 4.78 is 5.95. The highest BCUT2D eigenvalue weighted by Crippen LogP contribution is 2.25. The number of rotatable bonds is 5. The molecular weight excluding hydrogens is 336 g/mol. The van der Waals surface area contributed by atoms with Gasteiger partial charge in [-0.05, 0) is 24.1 Å². The van der Waals surface area contributed by atoms with Crippen LogP contribution in [-0.4, -0.2) is 41.0 Å². The molecule has 1 aromatic heterocycles. The van der Waals surface area contributed by atoms with Gasteiger partial charge in [-0.2, -0.15) is 0 Å². The molecule has 27 heavy (non-hydrogen) atoms. The zero-order valence-corrected chi connectivity index (χ0v) is 15.6. The number of hydrogen-bond acceptors (Lipinski definition) is 5. The molecule has 3 aromatic rings. The number of aromatic nitrogens is 2. The molecule has 1 fully saturated rings. The van der Waals surface area contributed by atoms with Gasteiger partial charge in [0.1, 0.15) is 17.9 Å². The first-order valence-corrected chi connectivity index (χ1v) is 9.35. The van der Waals surface area contributed by atoms with Gasteiger partial charge in [0, 0.05) is 38.8 Å². The van der Waals surface area contributed by atoms with E-state index in [9.17, 15) is 0 Å². The van der Waals surface area contributed by atoms with Crippen molar-refractivity contribution in [1.82, 2.24) is 14.9 Å². The average Bonchev–Trinajstić information content (AvgIpc) is 2.71. The Balaban J connectivity index is 1.38. The second-order valence-corrected chi connectivity index (χ2v) is 6.83. The summed E-state index contributed by atoms with van der Waals surface area (Å²) in [5, 5.41) is 0. The van der Waals surface area contributed by atoms with Crippen molar-refractivity contribution in [3.63, 3.8) is 0 Å². The molecule has 0 bridgehead atoms. The van der Waals surface area contributed by atoms with Gasteiger partial charge in [-0.1, -0.05) is 48.5 Å². The van der Waals surface area contributed by atoms with Crippen LogP contribution in [0, 0.1) is 6.92 Å². The van der Waals surface area contributed by atoms with Crippen molar-refractivity contribution in [2.24, 2.45) is 0 Å². The average molecular weight is 360 g/mol. The Morgan fingerprint density at radius 1 is 0.889 bits per heavy atom. The van der Waals surface area contributed by atoms with Crippen LogP contribution in [-0.2, 0) is 6.54 Å². The van der Waals surface area contributed by atoms with Crippen LogP contribution in [0.2, 0.25) is 0 Å². The van der Waals surface area contributed by atoms with Crippen LogP contribution in [0.5, 0.6) is 11.6 Å². The van der Waals surface area contributed by atoms with Crippen LogP contribution in [0.3, 0.4) is 0 Å². The highest BCUT2D eigenvalue weighted by molar-refractivity contribution is 5.43. The van der Waals surface area contributed by atoms with Crippen molar-refractivity contribution in [2.45, 2.75) is 13.5 Å². The number of aryl methyl sites for hydroxylation is 1. The van der Waals surface area contributed by atoms with E-state index < -0.39 is 0 Å². The number of anilines is 1. The van der Waals surface area contributed by atoms with E-state index in [-0.39, 0.29) is 0 Å². The summed E-state index contributed by atoms with van der Waals surface area (Å²) in [6.45, 7) is 6.98. The topological polar surface area (TPSA) is 41.5 Å². The molecule has 1 aliphatic rings. The SMILES string of the molecule is Cc1ccccc1Oc1cc(N2CCN(Cc3ccccc3)CC2)ncn1. The van der Waals surface area contributed by atoms with Gasteiger partial charge < -0.3 is 9.64 Å². The van der Waals surface area contributed by atoms with Crippen molar-refractivity contribution >= 4 is 5.82 Å². The smallest absolute Gasteiger partial charge is 0.224 e. The fourth-order valence-corrected chi connectivity index (χ4v) is 3.32. The molecule has 5 nitrogen and oxygen atoms in total. The first kappa shape index (κ1) is 17.5. The summed E-state index contributed by atoms with van der Waals surface area (Å²) in [4.78, 5) is 13.5. The minimum atomic E-state index is 0.584. The van der Waals surface area contributed by atoms with Crippen molar-refractivity contribution < 1.29 is 4.74 Å². The number of para-hydroxylation sites is 1. The lowest BCUT2D eigenvalue weighted by Crippen LogP contribution is -2.46. The first-order chi connectivity index (χ1) is 13.3. The minimum Gasteiger partial charge on any atom is -0.439 e. The van der Waals surface area contributed by atoms with Gasteiger partial charge in [0.05, 0.1) is 0 Å². The van der Waals surface area contributed by atoms with Crippen LogP contribution in [0.4, 0.5) is 5.82 Å². The van der Waals surface area contributed by atoms with Crippen molar-refractivity contribution in [3.8, 4) is 11.6 Å². The second-order valence-electron chi connectivity index (χ2n) is 6.83. The van der Waals surface area contributed by atoms with Crippen LogP contribution in [0.25, 0.3) is 0 Å². The number of piperazine rings is 1. The molecule has 0 radical (unpaired) electrons. The zero-order valence-electron chi connectivity index (χ0n) is 15.6. The first-order valence-electron chi connectivity index (χ1n) is 9.35. The third-order valence-electron chi connectivity index (χ3n) is 4.88. The van der Waals surface area contributed by atoms with Crippen molar-refractivity contribution in [1.29, 1.82) is 0 Å². The monoisotopic (exact) mass is 360 g/mol. The molecule has 0 N–H and O–H groups in total. The summed E-state index contributed by atoms with van der Waals surface area (Å²) in [7, 11) is 0. The molecule has 1 aliphatic heterocycles. The Labute approximate surface area is 160 Å². The van der Waals surface area contributed by atoms with Gasteiger partial charge in [0.15, 0.2) is 0 Å². The summed E-state index contributed by atoms with van der Waals surface area (Å²) in [5.74, 6) is 2.34. The molecule has 0 amide bonds. The lowest BCUT2D eigenvalue weighted by Gasteiger charge is -2.35. The number of hydrogen-bond donors (Lipinski definition) is 0. The molecule has 1 saturated heterocycles. The number of benzene rings is 2. The lowest BCUT2D eigenvalue weighted by atomic mass is 10.2. The zero-order chi connectivity index (χ0) is 18.5. The normalized spacial score (nSPS) is 14.9. The van der Waals surface area contributed by atoms with Crippen LogP contribution in [0.15, 0.2) is 67.0 Å². The third-order valence-corrected chi connectivity index (χ3v) is 4.88. The van der Waals surface area contributed by atoms with E-state index in [0.717, 1.165) is 49.9 Å². The Kier molecular flexibility index (Phi) is 5.30. The number of ether oxygens (including phenoxy) is 1. The van der Waals surface area contributed by atoms with E-state index >= 15 is 0 Å². The van der Waals surface area contributed by atoms with Gasteiger partial charge in [-0.25, -0.2) is 9.97 Å². The van der Waals surface area contributed by atoms with Crippen molar-refractivity contribution in [3.05, 3.63) is 78.1 Å². The molecule has 0 aliphatic carbocycles. The summed E-state index contributed by atoms with van der Waals surface area (Å²) in [6, 6.07) is 20.5. The highest BCUT2D eigenvalue weighted by Gasteiger charge is 2.19. The summed E-state index contributed by atoms with van der Waals surface area (Å²) >= 11 is 0. The molecule has 0 spiro atoms. The maximum absolute atomic E-state index is 5.95. The second kappa shape index (κ2) is 8.18. The van der Waals surface area contributed by atoms with Gasteiger partial charge in [0.25, 0.3) is 0 Å². The quantitative estimate of drug-likeness (QED) is 0.690. The third kappa shape index (κ3) is 4.44. The predicted octanol–water partition coefficient (Wildman–Crippen LogP) is 3.90. The Bertz CT molecular complexity index is 876. The predicted molar refractivity (Wildman–Crippen MR) is 107 cm³/mol. The standard InChI is InChI=1S/C22H24N4O/c1-18-7-5-6-10-20(18)27-22-15-21(23-17-24-22)26-13-11-25(12-14-26)16-19-8-3-2-4-9-19/h2-10,15,17H,11-14,16H2,1H3. The van der Waals surface area contributed by atoms with E-state index in [1.54, 1.807) is 6.33 Å². The van der Waals surface area contributed by atoms with Gasteiger partial charge >= 0.3 is 0 Å². The summed E-state index contributed by atoms with van der Waals surface area (Å²) in [5.41, 5.74) is 2.45. The van der Waals surface area contributed by atoms with Gasteiger partial charge in [-0.3, -0.25) is 4.90 Å². The van der Waals surface area contributed by atoms with Crippen molar-refractivity contribution in [2.75, 3.05) is 31.1 Å². The largest absolute Gasteiger partial charge is 0.439 e. The highest BCUT2D eigenvalue weighted by atomic mass is 16.5. The van der Waals surface area contributed by atoms with E-state index in [1.165, 1.54) is 5.56 Å². The fraction of sp³-hybridized carbons (Fsp3) is 0.273. The maximum atomic E-state index is 5.95. The van der Waals surface area contributed by atoms with E-state index in [1.807, 2.05) is 37.3 Å². The number of nitrogens with zero attached hydrogens (tertiary/aromatic N) is 4. The Morgan fingerprint density at radius 2 is 1.63 bits per heavy atom. The molecule has 138 valence electrons. The fourth-order valence-electron chi connectivity index (χ4n) is 3.32. The van der Waals surface area contributed by atoms with Crippen LogP contribution < -0.4 is 9.64 Å². The van der Waals surface area contributed by atoms with E-state index in [4.69, 9.17) is 4.74 Å². The van der Waals surface area contributed by atoms with Crippen LogP contribution >= 0.6 is 0 Å². The lowest BCUT2D eigenvalue weighted by molar-refractivity contribution is 0.249. The van der Waals surface area contributed by atoms with Gasteiger partial charge in [0.2, 0.25) is 5.88 Å². The molecule has 0 atom stereocenters.